The molecule has 29 heavy (non-hydrogen) atoms. The van der Waals surface area contributed by atoms with Gasteiger partial charge < -0.3 is 9.32 Å². The molecule has 152 valence electrons. The van der Waals surface area contributed by atoms with Crippen molar-refractivity contribution in [3.63, 3.8) is 0 Å². The molecule has 1 aliphatic heterocycles. The summed E-state index contributed by atoms with van der Waals surface area (Å²) in [5, 5.41) is 0.877. The Balaban J connectivity index is 1.44. The van der Waals surface area contributed by atoms with Crippen LogP contribution in [0.1, 0.15) is 35.9 Å². The van der Waals surface area contributed by atoms with Crippen LogP contribution >= 0.6 is 0 Å². The highest BCUT2D eigenvalue weighted by Crippen LogP contribution is 2.23. The van der Waals surface area contributed by atoms with E-state index in [-0.39, 0.29) is 24.8 Å². The van der Waals surface area contributed by atoms with E-state index in [0.717, 1.165) is 10.9 Å². The Hall–Kier alpha value is -2.64. The second-order valence-corrected chi connectivity index (χ2v) is 9.51. The number of hydrogen-bond acceptors (Lipinski definition) is 4. The first-order valence-electron chi connectivity index (χ1n) is 9.74. The predicted molar refractivity (Wildman–Crippen MR) is 111 cm³/mol. The molecule has 0 unspecified atom stereocenters. The van der Waals surface area contributed by atoms with Crippen molar-refractivity contribution in [2.75, 3.05) is 26.2 Å². The minimum Gasteiger partial charge on any atom is -0.451 e. The lowest BCUT2D eigenvalue weighted by atomic mass is 10.0. The molecule has 2 aromatic carbocycles. The van der Waals surface area contributed by atoms with Gasteiger partial charge in [0.25, 0.3) is 5.91 Å². The van der Waals surface area contributed by atoms with E-state index in [9.17, 15) is 13.2 Å². The molecule has 3 aromatic rings. The summed E-state index contributed by atoms with van der Waals surface area (Å²) in [7, 11) is -3.57. The average molecular weight is 413 g/mol. The predicted octanol–water partition coefficient (Wildman–Crippen LogP) is 3.70. The van der Waals surface area contributed by atoms with E-state index >= 15 is 0 Å². The van der Waals surface area contributed by atoms with Crippen LogP contribution in [-0.4, -0.2) is 49.7 Å². The summed E-state index contributed by atoms with van der Waals surface area (Å²) < 4.78 is 33.0. The molecule has 6 nitrogen and oxygen atoms in total. The van der Waals surface area contributed by atoms with Gasteiger partial charge in [0.05, 0.1) is 4.90 Å². The number of benzene rings is 2. The third-order valence-corrected chi connectivity index (χ3v) is 7.26. The van der Waals surface area contributed by atoms with Gasteiger partial charge in [0.2, 0.25) is 10.0 Å². The molecule has 0 N–H and O–H groups in total. The number of furan rings is 1. The smallest absolute Gasteiger partial charge is 0.289 e. The molecule has 0 aliphatic carbocycles. The molecular weight excluding hydrogens is 388 g/mol. The Kier molecular flexibility index (Phi) is 5.19. The molecule has 1 fully saturated rings. The highest BCUT2D eigenvalue weighted by atomic mass is 32.2. The molecule has 0 atom stereocenters. The van der Waals surface area contributed by atoms with Crippen LogP contribution in [0.15, 0.2) is 63.9 Å². The zero-order valence-corrected chi connectivity index (χ0v) is 17.4. The summed E-state index contributed by atoms with van der Waals surface area (Å²) in [6.45, 7) is 5.34. The molecule has 0 saturated carbocycles. The zero-order chi connectivity index (χ0) is 20.6. The number of hydrogen-bond donors (Lipinski definition) is 0. The second-order valence-electron chi connectivity index (χ2n) is 7.57. The average Bonchev–Trinajstić information content (AvgIpc) is 3.17. The summed E-state index contributed by atoms with van der Waals surface area (Å²) in [5.74, 6) is 0.422. The Labute approximate surface area is 170 Å². The van der Waals surface area contributed by atoms with Crippen LogP contribution in [-0.2, 0) is 10.0 Å². The van der Waals surface area contributed by atoms with Crippen LogP contribution < -0.4 is 0 Å². The minimum atomic E-state index is -3.57. The number of amides is 1. The molecule has 0 radical (unpaired) electrons. The van der Waals surface area contributed by atoms with Gasteiger partial charge >= 0.3 is 0 Å². The molecule has 1 aliphatic rings. The Morgan fingerprint density at radius 2 is 1.62 bits per heavy atom. The first-order chi connectivity index (χ1) is 13.9. The van der Waals surface area contributed by atoms with Gasteiger partial charge in [-0.3, -0.25) is 4.79 Å². The van der Waals surface area contributed by atoms with E-state index in [4.69, 9.17) is 4.42 Å². The molecule has 1 aromatic heterocycles. The largest absolute Gasteiger partial charge is 0.451 e. The monoisotopic (exact) mass is 412 g/mol. The van der Waals surface area contributed by atoms with Gasteiger partial charge in [-0.05, 0) is 35.7 Å². The standard InChI is InChI=1S/C22H24N2O4S/c1-16(2)17-7-9-19(10-8-17)29(26,27)24-13-11-23(12-14-24)22(25)21-15-18-5-3-4-6-20(18)28-21/h3-10,15-16H,11-14H2,1-2H3. The summed E-state index contributed by atoms with van der Waals surface area (Å²) in [5.41, 5.74) is 1.77. The van der Waals surface area contributed by atoms with Crippen molar-refractivity contribution >= 4 is 26.9 Å². The van der Waals surface area contributed by atoms with Crippen molar-refractivity contribution in [3.05, 3.63) is 65.9 Å². The number of para-hydroxylation sites is 1. The SMILES string of the molecule is CC(C)c1ccc(S(=O)(=O)N2CCN(C(=O)c3cc4ccccc4o3)CC2)cc1. The topological polar surface area (TPSA) is 70.8 Å². The fourth-order valence-corrected chi connectivity index (χ4v) is 4.97. The second kappa shape index (κ2) is 7.65. The Bertz CT molecular complexity index is 1090. The first kappa shape index (κ1) is 19.7. The summed E-state index contributed by atoms with van der Waals surface area (Å²) in [6, 6.07) is 16.2. The van der Waals surface area contributed by atoms with Crippen LogP contribution in [0.5, 0.6) is 0 Å². The normalized spacial score (nSPS) is 15.9. The van der Waals surface area contributed by atoms with E-state index in [1.807, 2.05) is 36.4 Å². The fourth-order valence-electron chi connectivity index (χ4n) is 3.55. The van der Waals surface area contributed by atoms with Crippen molar-refractivity contribution in [1.29, 1.82) is 0 Å². The molecule has 0 bridgehead atoms. The van der Waals surface area contributed by atoms with E-state index in [2.05, 4.69) is 13.8 Å². The molecule has 1 saturated heterocycles. The maximum Gasteiger partial charge on any atom is 0.289 e. The highest BCUT2D eigenvalue weighted by Gasteiger charge is 2.31. The van der Waals surface area contributed by atoms with Crippen molar-refractivity contribution in [3.8, 4) is 0 Å². The molecule has 4 rings (SSSR count). The number of carbonyl (C=O) groups is 1. The van der Waals surface area contributed by atoms with E-state index in [1.165, 1.54) is 4.31 Å². The van der Waals surface area contributed by atoms with Gasteiger partial charge in [0.15, 0.2) is 5.76 Å². The number of nitrogens with zero attached hydrogens (tertiary/aromatic N) is 2. The lowest BCUT2D eigenvalue weighted by molar-refractivity contribution is 0.0668. The van der Waals surface area contributed by atoms with Crippen molar-refractivity contribution in [1.82, 2.24) is 9.21 Å². The third kappa shape index (κ3) is 3.80. The summed E-state index contributed by atoms with van der Waals surface area (Å²) in [6.07, 6.45) is 0. The third-order valence-electron chi connectivity index (χ3n) is 5.35. The van der Waals surface area contributed by atoms with Crippen LogP contribution in [0.4, 0.5) is 0 Å². The highest BCUT2D eigenvalue weighted by molar-refractivity contribution is 7.89. The van der Waals surface area contributed by atoms with Crippen LogP contribution in [0.25, 0.3) is 11.0 Å². The quantitative estimate of drug-likeness (QED) is 0.655. The van der Waals surface area contributed by atoms with Crippen molar-refractivity contribution in [2.45, 2.75) is 24.7 Å². The maximum absolute atomic E-state index is 12.9. The number of fused-ring (bicyclic) bond motifs is 1. The van der Waals surface area contributed by atoms with Gasteiger partial charge in [-0.25, -0.2) is 8.42 Å². The van der Waals surface area contributed by atoms with Gasteiger partial charge in [-0.15, -0.1) is 0 Å². The van der Waals surface area contributed by atoms with E-state index in [0.29, 0.717) is 29.5 Å². The lowest BCUT2D eigenvalue weighted by Gasteiger charge is -2.33. The van der Waals surface area contributed by atoms with Crippen molar-refractivity contribution in [2.24, 2.45) is 0 Å². The summed E-state index contributed by atoms with van der Waals surface area (Å²) >= 11 is 0. The van der Waals surface area contributed by atoms with Crippen molar-refractivity contribution < 1.29 is 17.6 Å². The van der Waals surface area contributed by atoms with Gasteiger partial charge in [-0.2, -0.15) is 4.31 Å². The van der Waals surface area contributed by atoms with Gasteiger partial charge in [-0.1, -0.05) is 44.2 Å². The molecule has 1 amide bonds. The number of sulfonamides is 1. The summed E-state index contributed by atoms with van der Waals surface area (Å²) in [4.78, 5) is 14.7. The van der Waals surface area contributed by atoms with Crippen LogP contribution in [0.3, 0.4) is 0 Å². The van der Waals surface area contributed by atoms with Crippen LogP contribution in [0, 0.1) is 0 Å². The number of rotatable bonds is 4. The number of piperazine rings is 1. The fraction of sp³-hybridized carbons (Fsp3) is 0.318. The minimum absolute atomic E-state index is 0.209. The number of carbonyl (C=O) groups excluding carboxylic acids is 1. The Morgan fingerprint density at radius 3 is 2.24 bits per heavy atom. The lowest BCUT2D eigenvalue weighted by Crippen LogP contribution is -2.50. The van der Waals surface area contributed by atoms with Gasteiger partial charge in [0.1, 0.15) is 5.58 Å². The first-order valence-corrected chi connectivity index (χ1v) is 11.2. The van der Waals surface area contributed by atoms with Gasteiger partial charge in [0, 0.05) is 31.6 Å². The Morgan fingerprint density at radius 1 is 0.966 bits per heavy atom. The maximum atomic E-state index is 12.9. The molecular formula is C22H24N2O4S. The zero-order valence-electron chi connectivity index (χ0n) is 16.5. The molecule has 2 heterocycles. The van der Waals surface area contributed by atoms with E-state index < -0.39 is 10.0 Å². The molecule has 0 spiro atoms. The van der Waals surface area contributed by atoms with E-state index in [1.54, 1.807) is 23.1 Å². The molecule has 7 heteroatoms. The van der Waals surface area contributed by atoms with Crippen LogP contribution in [0.2, 0.25) is 0 Å².